The highest BCUT2D eigenvalue weighted by Crippen LogP contribution is 2.33. The van der Waals surface area contributed by atoms with Gasteiger partial charge in [0.2, 0.25) is 0 Å². The Morgan fingerprint density at radius 3 is 2.28 bits per heavy atom. The quantitative estimate of drug-likeness (QED) is 0.214. The second-order valence-corrected chi connectivity index (χ2v) is 6.73. The van der Waals surface area contributed by atoms with Gasteiger partial charge in [-0.2, -0.15) is 26.3 Å². The van der Waals surface area contributed by atoms with E-state index < -0.39 is 23.5 Å². The lowest BCUT2D eigenvalue weighted by Gasteiger charge is -2.16. The third kappa shape index (κ3) is 9.04. The molecule has 0 aliphatic heterocycles. The lowest BCUT2D eigenvalue weighted by molar-refractivity contribution is -0.137. The molecule has 0 bridgehead atoms. The van der Waals surface area contributed by atoms with Gasteiger partial charge in [-0.25, -0.2) is 0 Å². The summed E-state index contributed by atoms with van der Waals surface area (Å²) in [6, 6.07) is 3.09. The molecule has 174 valence electrons. The highest BCUT2D eigenvalue weighted by Gasteiger charge is 2.32. The lowest BCUT2D eigenvalue weighted by Crippen LogP contribution is -2.12. The van der Waals surface area contributed by atoms with Gasteiger partial charge in [-0.15, -0.1) is 0 Å². The van der Waals surface area contributed by atoms with Crippen molar-refractivity contribution in [2.45, 2.75) is 38.5 Å². The molecule has 0 atom stereocenters. The fourth-order valence-electron chi connectivity index (χ4n) is 2.80. The monoisotopic (exact) mass is 455 g/mol. The van der Waals surface area contributed by atoms with E-state index in [1.165, 1.54) is 12.1 Å². The molecule has 1 N–H and O–H groups in total. The molecule has 0 saturated heterocycles. The summed E-state index contributed by atoms with van der Waals surface area (Å²) in [6.45, 7) is 5.28. The molecular weight excluding hydrogens is 428 g/mol. The van der Waals surface area contributed by atoms with Crippen LogP contribution in [-0.2, 0) is 12.6 Å². The molecule has 0 fully saturated rings. The maximum absolute atomic E-state index is 13.5. The van der Waals surface area contributed by atoms with Crippen LogP contribution in [0, 0.1) is 0 Å². The number of rotatable bonds is 10. The fourth-order valence-corrected chi connectivity index (χ4v) is 2.80. The standard InChI is InChI=1S/C25H27F6N/c1-4-6-8-9-10-11-12-20(24(26,27)28)15-14-19-18-21(25(29,30)31)16-17-22(19)23(32-3)13-7-5-2/h4-8,11-13,15-18,32H,1,9-10,14H2,2-3H3/b7-5-,8-6-,12-11-,20-15-,23-13-. The highest BCUT2D eigenvalue weighted by molar-refractivity contribution is 5.68. The zero-order valence-electron chi connectivity index (χ0n) is 18.0. The van der Waals surface area contributed by atoms with E-state index >= 15 is 0 Å². The van der Waals surface area contributed by atoms with E-state index in [4.69, 9.17) is 0 Å². The van der Waals surface area contributed by atoms with Gasteiger partial charge in [0.15, 0.2) is 0 Å². The van der Waals surface area contributed by atoms with Gasteiger partial charge in [-0.3, -0.25) is 0 Å². The molecule has 7 heteroatoms. The van der Waals surface area contributed by atoms with E-state index in [0.717, 1.165) is 24.3 Å². The van der Waals surface area contributed by atoms with E-state index in [-0.39, 0.29) is 12.0 Å². The topological polar surface area (TPSA) is 12.0 Å². The van der Waals surface area contributed by atoms with Gasteiger partial charge >= 0.3 is 12.4 Å². The molecule has 1 aromatic carbocycles. The van der Waals surface area contributed by atoms with Crippen molar-refractivity contribution in [2.24, 2.45) is 0 Å². The Hall–Kier alpha value is -2.96. The van der Waals surface area contributed by atoms with Gasteiger partial charge in [0.1, 0.15) is 0 Å². The van der Waals surface area contributed by atoms with Crippen LogP contribution >= 0.6 is 0 Å². The first kappa shape index (κ1) is 27.1. The Kier molecular flexibility index (Phi) is 10.8. The Morgan fingerprint density at radius 2 is 1.72 bits per heavy atom. The zero-order chi connectivity index (χ0) is 24.2. The number of alkyl halides is 6. The van der Waals surface area contributed by atoms with Crippen molar-refractivity contribution < 1.29 is 26.3 Å². The molecule has 0 heterocycles. The summed E-state index contributed by atoms with van der Waals surface area (Å²) >= 11 is 0. The Bertz CT molecular complexity index is 896. The molecule has 1 nitrogen and oxygen atoms in total. The highest BCUT2D eigenvalue weighted by atomic mass is 19.4. The summed E-state index contributed by atoms with van der Waals surface area (Å²) in [6.07, 6.45) is 4.79. The molecule has 0 aliphatic carbocycles. The van der Waals surface area contributed by atoms with Crippen molar-refractivity contribution >= 4 is 5.70 Å². The van der Waals surface area contributed by atoms with Crippen molar-refractivity contribution in [3.8, 4) is 0 Å². The van der Waals surface area contributed by atoms with Crippen LogP contribution in [0.1, 0.15) is 36.5 Å². The van der Waals surface area contributed by atoms with Gasteiger partial charge in [0.05, 0.1) is 11.1 Å². The summed E-state index contributed by atoms with van der Waals surface area (Å²) in [5, 5.41) is 2.89. The van der Waals surface area contributed by atoms with Crippen LogP contribution in [-0.4, -0.2) is 13.2 Å². The zero-order valence-corrected chi connectivity index (χ0v) is 18.0. The first-order chi connectivity index (χ1) is 15.0. The normalized spacial score (nSPS) is 14.1. The number of halogens is 6. The van der Waals surface area contributed by atoms with Gasteiger partial charge in [-0.05, 0) is 50.0 Å². The van der Waals surface area contributed by atoms with Gasteiger partial charge in [0.25, 0.3) is 0 Å². The fraction of sp³-hybridized carbons (Fsp3) is 0.280. The summed E-state index contributed by atoms with van der Waals surface area (Å²) in [7, 11) is 1.59. The van der Waals surface area contributed by atoms with Gasteiger partial charge in [0, 0.05) is 18.3 Å². The molecule has 0 aromatic heterocycles. The molecule has 0 saturated carbocycles. The molecule has 0 spiro atoms. The maximum Gasteiger partial charge on any atom is 0.416 e. The predicted molar refractivity (Wildman–Crippen MR) is 119 cm³/mol. The predicted octanol–water partition coefficient (Wildman–Crippen LogP) is 7.95. The smallest absolute Gasteiger partial charge is 0.388 e. The van der Waals surface area contributed by atoms with E-state index in [1.54, 1.807) is 50.4 Å². The third-order valence-corrected chi connectivity index (χ3v) is 4.39. The second-order valence-electron chi connectivity index (χ2n) is 6.73. The Balaban J connectivity index is 3.36. The second kappa shape index (κ2) is 12.8. The Morgan fingerprint density at radius 1 is 1.03 bits per heavy atom. The van der Waals surface area contributed by atoms with Crippen molar-refractivity contribution in [2.75, 3.05) is 7.05 Å². The largest absolute Gasteiger partial charge is 0.416 e. The molecule has 1 rings (SSSR count). The summed E-state index contributed by atoms with van der Waals surface area (Å²) in [5.41, 5.74) is -0.788. The first-order valence-electron chi connectivity index (χ1n) is 9.97. The van der Waals surface area contributed by atoms with E-state index in [2.05, 4.69) is 11.9 Å². The van der Waals surface area contributed by atoms with Crippen molar-refractivity contribution in [3.63, 3.8) is 0 Å². The molecular formula is C25H27F6N. The minimum Gasteiger partial charge on any atom is -0.388 e. The average molecular weight is 455 g/mol. The van der Waals surface area contributed by atoms with Crippen LogP contribution in [0.4, 0.5) is 26.3 Å². The van der Waals surface area contributed by atoms with Crippen molar-refractivity contribution in [1.82, 2.24) is 5.32 Å². The molecule has 1 aromatic rings. The SMILES string of the molecule is C=C/C=C\CC/C=C\C(=C\Cc1cc(C(F)(F)F)ccc1/C(=C/C=C\C)NC)C(F)(F)F. The summed E-state index contributed by atoms with van der Waals surface area (Å²) in [4.78, 5) is 0. The molecule has 32 heavy (non-hydrogen) atoms. The van der Waals surface area contributed by atoms with Crippen LogP contribution in [0.15, 0.2) is 85.0 Å². The Labute approximate surface area is 185 Å². The minimum atomic E-state index is -4.62. The first-order valence-corrected chi connectivity index (χ1v) is 9.97. The maximum atomic E-state index is 13.5. The number of unbranched alkanes of at least 4 members (excludes halogenated alkanes) is 1. The number of benzene rings is 1. The number of hydrogen-bond donors (Lipinski definition) is 1. The lowest BCUT2D eigenvalue weighted by atomic mass is 9.97. The van der Waals surface area contributed by atoms with Crippen LogP contribution < -0.4 is 5.32 Å². The van der Waals surface area contributed by atoms with Crippen molar-refractivity contribution in [1.29, 1.82) is 0 Å². The molecule has 0 amide bonds. The molecule has 0 unspecified atom stereocenters. The minimum absolute atomic E-state index is 0.133. The summed E-state index contributed by atoms with van der Waals surface area (Å²) in [5.74, 6) is 0. The van der Waals surface area contributed by atoms with Gasteiger partial charge in [-0.1, -0.05) is 61.3 Å². The van der Waals surface area contributed by atoms with E-state index in [1.807, 2.05) is 0 Å². The van der Waals surface area contributed by atoms with Crippen molar-refractivity contribution in [3.05, 3.63) is 102 Å². The van der Waals surface area contributed by atoms with E-state index in [9.17, 15) is 26.3 Å². The third-order valence-electron chi connectivity index (χ3n) is 4.39. The van der Waals surface area contributed by atoms with Crippen LogP contribution in [0.5, 0.6) is 0 Å². The van der Waals surface area contributed by atoms with E-state index in [0.29, 0.717) is 24.1 Å². The number of nitrogens with one attached hydrogen (secondary N) is 1. The molecule has 0 radical (unpaired) electrons. The van der Waals surface area contributed by atoms with Crippen LogP contribution in [0.2, 0.25) is 0 Å². The average Bonchev–Trinajstić information content (AvgIpc) is 2.72. The van der Waals surface area contributed by atoms with Crippen LogP contribution in [0.25, 0.3) is 5.70 Å². The number of allylic oxidation sites excluding steroid dienone is 10. The molecule has 0 aliphatic rings. The van der Waals surface area contributed by atoms with Crippen LogP contribution in [0.3, 0.4) is 0 Å². The van der Waals surface area contributed by atoms with Gasteiger partial charge < -0.3 is 5.32 Å². The number of hydrogen-bond acceptors (Lipinski definition) is 1. The summed E-state index contributed by atoms with van der Waals surface area (Å²) < 4.78 is 80.0.